The minimum absolute atomic E-state index is 0.00458. The molecule has 1 saturated carbocycles. The molecule has 0 amide bonds. The Morgan fingerprint density at radius 3 is 2.67 bits per heavy atom. The molecule has 0 unspecified atom stereocenters. The van der Waals surface area contributed by atoms with E-state index in [1.165, 1.54) is 0 Å². The molecular weight excluding hydrogens is 424 g/mol. The number of ether oxygens (including phenoxy) is 1. The third kappa shape index (κ3) is 5.84. The first-order valence-corrected chi connectivity index (χ1v) is 12.3. The average Bonchev–Trinajstić information content (AvgIpc) is 2.79. The van der Waals surface area contributed by atoms with E-state index in [1.807, 2.05) is 18.2 Å². The summed E-state index contributed by atoms with van der Waals surface area (Å²) in [7, 11) is 0. The number of aryl methyl sites for hydroxylation is 1. The highest BCUT2D eigenvalue weighted by Gasteiger charge is 2.34. The zero-order chi connectivity index (χ0) is 23.4. The topological polar surface area (TPSA) is 58.6 Å². The van der Waals surface area contributed by atoms with Gasteiger partial charge in [-0.1, -0.05) is 31.2 Å². The number of aliphatic carboxylic acids is 1. The van der Waals surface area contributed by atoms with Crippen LogP contribution in [0.15, 0.2) is 30.3 Å². The summed E-state index contributed by atoms with van der Waals surface area (Å²) < 4.78 is 34.3. The maximum absolute atomic E-state index is 14.1. The van der Waals surface area contributed by atoms with Gasteiger partial charge < -0.3 is 15.2 Å². The van der Waals surface area contributed by atoms with Crippen LogP contribution in [-0.2, 0) is 11.2 Å². The van der Waals surface area contributed by atoms with E-state index in [1.54, 1.807) is 12.1 Å². The largest absolute Gasteiger partial charge is 0.490 e. The third-order valence-corrected chi connectivity index (χ3v) is 7.59. The van der Waals surface area contributed by atoms with Crippen LogP contribution in [0.3, 0.4) is 0 Å². The Labute approximate surface area is 194 Å². The van der Waals surface area contributed by atoms with E-state index in [2.05, 4.69) is 12.2 Å². The highest BCUT2D eigenvalue weighted by molar-refractivity contribution is 5.88. The molecule has 1 saturated heterocycles. The van der Waals surface area contributed by atoms with Gasteiger partial charge in [0.25, 0.3) is 6.43 Å². The second-order valence-electron chi connectivity index (χ2n) is 10.2. The van der Waals surface area contributed by atoms with Crippen LogP contribution in [0.1, 0.15) is 75.8 Å². The number of piperidine rings is 1. The maximum atomic E-state index is 14.1. The second kappa shape index (κ2) is 10.4. The Hall–Kier alpha value is -2.21. The summed E-state index contributed by atoms with van der Waals surface area (Å²) in [5.74, 6) is 0.214. The van der Waals surface area contributed by atoms with E-state index in [0.717, 1.165) is 68.9 Å². The number of hydrogen-bond donors (Lipinski definition) is 2. The van der Waals surface area contributed by atoms with Gasteiger partial charge in [-0.05, 0) is 91.6 Å². The third-order valence-electron chi connectivity index (χ3n) is 7.59. The first-order chi connectivity index (χ1) is 15.8. The van der Waals surface area contributed by atoms with Crippen molar-refractivity contribution in [3.05, 3.63) is 41.5 Å². The Bertz CT molecular complexity index is 963. The fourth-order valence-corrected chi connectivity index (χ4v) is 5.61. The van der Waals surface area contributed by atoms with Gasteiger partial charge >= 0.3 is 5.97 Å². The number of carboxylic acids is 1. The molecule has 4 rings (SSSR count). The van der Waals surface area contributed by atoms with Crippen molar-refractivity contribution in [1.29, 1.82) is 0 Å². The SMILES string of the molecule is CC1CCC(Oc2ccc3cc(CC[C@]4(CC(=O)O)CCCNC4)ccc3c2C(F)F)CC1. The molecule has 2 fully saturated rings. The van der Waals surface area contributed by atoms with Crippen molar-refractivity contribution >= 4 is 16.7 Å². The van der Waals surface area contributed by atoms with Crippen molar-refractivity contribution in [3.8, 4) is 5.75 Å². The lowest BCUT2D eigenvalue weighted by atomic mass is 9.73. The van der Waals surface area contributed by atoms with Gasteiger partial charge in [0.2, 0.25) is 0 Å². The average molecular weight is 460 g/mol. The number of benzene rings is 2. The number of halogens is 2. The molecule has 1 aliphatic carbocycles. The molecular formula is C27H35F2NO3. The zero-order valence-electron chi connectivity index (χ0n) is 19.4. The van der Waals surface area contributed by atoms with Crippen molar-refractivity contribution in [2.24, 2.45) is 11.3 Å². The molecule has 33 heavy (non-hydrogen) atoms. The molecule has 2 aliphatic rings. The van der Waals surface area contributed by atoms with Crippen LogP contribution in [0.4, 0.5) is 8.78 Å². The van der Waals surface area contributed by atoms with Gasteiger partial charge in [0.05, 0.1) is 18.1 Å². The normalized spacial score (nSPS) is 25.9. The fraction of sp³-hybridized carbons (Fsp3) is 0.593. The van der Waals surface area contributed by atoms with E-state index in [4.69, 9.17) is 4.74 Å². The van der Waals surface area contributed by atoms with E-state index < -0.39 is 12.4 Å². The molecule has 2 aromatic carbocycles. The lowest BCUT2D eigenvalue weighted by molar-refractivity contribution is -0.140. The Kier molecular flexibility index (Phi) is 7.52. The van der Waals surface area contributed by atoms with Crippen molar-refractivity contribution in [1.82, 2.24) is 5.32 Å². The molecule has 6 heteroatoms. The van der Waals surface area contributed by atoms with Gasteiger partial charge in [0.15, 0.2) is 0 Å². The van der Waals surface area contributed by atoms with Crippen molar-refractivity contribution in [2.75, 3.05) is 13.1 Å². The molecule has 180 valence electrons. The van der Waals surface area contributed by atoms with E-state index >= 15 is 0 Å². The predicted octanol–water partition coefficient (Wildman–Crippen LogP) is 6.51. The van der Waals surface area contributed by atoms with E-state index in [-0.39, 0.29) is 23.5 Å². The molecule has 0 spiro atoms. The van der Waals surface area contributed by atoms with Gasteiger partial charge in [0.1, 0.15) is 5.75 Å². The lowest BCUT2D eigenvalue weighted by Gasteiger charge is -2.36. The summed E-state index contributed by atoms with van der Waals surface area (Å²) in [4.78, 5) is 11.4. The molecule has 0 radical (unpaired) electrons. The van der Waals surface area contributed by atoms with Crippen LogP contribution in [-0.4, -0.2) is 30.3 Å². The summed E-state index contributed by atoms with van der Waals surface area (Å²) in [6, 6.07) is 9.23. The molecule has 2 aromatic rings. The number of carbonyl (C=O) groups is 1. The second-order valence-corrected chi connectivity index (χ2v) is 10.2. The predicted molar refractivity (Wildman–Crippen MR) is 126 cm³/mol. The lowest BCUT2D eigenvalue weighted by Crippen LogP contribution is -2.41. The van der Waals surface area contributed by atoms with Crippen molar-refractivity contribution in [3.63, 3.8) is 0 Å². The first-order valence-electron chi connectivity index (χ1n) is 12.3. The van der Waals surface area contributed by atoms with Crippen LogP contribution in [0.25, 0.3) is 10.8 Å². The summed E-state index contributed by atoms with van der Waals surface area (Å²) in [6.45, 7) is 3.86. The fourth-order valence-electron chi connectivity index (χ4n) is 5.61. The van der Waals surface area contributed by atoms with Crippen LogP contribution in [0, 0.1) is 11.3 Å². The highest BCUT2D eigenvalue weighted by atomic mass is 19.3. The molecule has 1 aliphatic heterocycles. The molecule has 1 heterocycles. The number of rotatable bonds is 8. The Morgan fingerprint density at radius 1 is 1.21 bits per heavy atom. The van der Waals surface area contributed by atoms with Crippen LogP contribution in [0.5, 0.6) is 5.75 Å². The molecule has 4 nitrogen and oxygen atoms in total. The Morgan fingerprint density at radius 2 is 2.00 bits per heavy atom. The smallest absolute Gasteiger partial charge is 0.303 e. The van der Waals surface area contributed by atoms with Crippen molar-refractivity contribution in [2.45, 2.75) is 77.2 Å². The van der Waals surface area contributed by atoms with E-state index in [0.29, 0.717) is 23.6 Å². The number of fused-ring (bicyclic) bond motifs is 1. The molecule has 2 N–H and O–H groups in total. The summed E-state index contributed by atoms with van der Waals surface area (Å²) in [5, 5.41) is 14.1. The van der Waals surface area contributed by atoms with Crippen molar-refractivity contribution < 1.29 is 23.4 Å². The molecule has 0 aromatic heterocycles. The number of hydrogen-bond acceptors (Lipinski definition) is 3. The van der Waals surface area contributed by atoms with Crippen LogP contribution >= 0.6 is 0 Å². The summed E-state index contributed by atoms with van der Waals surface area (Å²) in [5.41, 5.74) is 0.784. The van der Waals surface area contributed by atoms with Gasteiger partial charge in [0, 0.05) is 6.54 Å². The standard InChI is InChI=1S/C27H35F2NO3/c1-18-3-7-21(8-4-18)33-23-10-6-20-15-19(5-9-22(20)25(23)26(28)29)11-13-27(16-24(31)32)12-2-14-30-17-27/h5-6,9-10,15,18,21,26,30H,2-4,7-8,11-14,16-17H2,1H3,(H,31,32)/t18?,21?,27-/m0/s1. The highest BCUT2D eigenvalue weighted by Crippen LogP contribution is 2.39. The number of nitrogens with one attached hydrogen (secondary N) is 1. The van der Waals surface area contributed by atoms with Gasteiger partial charge in [-0.25, -0.2) is 8.78 Å². The van der Waals surface area contributed by atoms with Crippen LogP contribution in [0.2, 0.25) is 0 Å². The quantitative estimate of drug-likeness (QED) is 0.472. The minimum Gasteiger partial charge on any atom is -0.490 e. The van der Waals surface area contributed by atoms with E-state index in [9.17, 15) is 18.7 Å². The summed E-state index contributed by atoms with van der Waals surface area (Å²) in [6.07, 6.45) is 4.89. The zero-order valence-corrected chi connectivity index (χ0v) is 19.4. The van der Waals surface area contributed by atoms with Crippen LogP contribution < -0.4 is 10.1 Å². The number of carboxylic acid groups (broad SMARTS) is 1. The van der Waals surface area contributed by atoms with Gasteiger partial charge in [-0.2, -0.15) is 0 Å². The summed E-state index contributed by atoms with van der Waals surface area (Å²) >= 11 is 0. The first kappa shape index (κ1) is 23.9. The van der Waals surface area contributed by atoms with Gasteiger partial charge in [-0.15, -0.1) is 0 Å². The minimum atomic E-state index is -2.61. The number of alkyl halides is 2. The Balaban J connectivity index is 1.53. The van der Waals surface area contributed by atoms with Gasteiger partial charge in [-0.3, -0.25) is 4.79 Å². The molecule has 0 bridgehead atoms. The maximum Gasteiger partial charge on any atom is 0.303 e. The molecule has 1 atom stereocenters. The monoisotopic (exact) mass is 459 g/mol.